The molecule has 0 saturated carbocycles. The monoisotopic (exact) mass is 349 g/mol. The molecule has 2 heterocycles. The number of amides is 1. The van der Waals surface area contributed by atoms with E-state index in [0.717, 1.165) is 22.5 Å². The van der Waals surface area contributed by atoms with Gasteiger partial charge in [-0.3, -0.25) is 14.5 Å². The van der Waals surface area contributed by atoms with E-state index in [-0.39, 0.29) is 5.91 Å². The third kappa shape index (κ3) is 3.59. The van der Waals surface area contributed by atoms with Gasteiger partial charge in [0.15, 0.2) is 0 Å². The SMILES string of the molecule is CCn1nc(C)cc1C(=O)Nc1cnccc1-c1ccc(N(C)C)cc1. The van der Waals surface area contributed by atoms with Crippen molar-refractivity contribution in [3.63, 3.8) is 0 Å². The molecule has 0 saturated heterocycles. The molecule has 2 aromatic heterocycles. The smallest absolute Gasteiger partial charge is 0.273 e. The lowest BCUT2D eigenvalue weighted by Gasteiger charge is -2.14. The second kappa shape index (κ2) is 7.39. The van der Waals surface area contributed by atoms with Gasteiger partial charge in [-0.25, -0.2) is 0 Å². The first-order chi connectivity index (χ1) is 12.5. The molecule has 134 valence electrons. The number of pyridine rings is 1. The van der Waals surface area contributed by atoms with E-state index in [0.29, 0.717) is 17.9 Å². The molecule has 0 spiro atoms. The first-order valence-electron chi connectivity index (χ1n) is 8.57. The van der Waals surface area contributed by atoms with Gasteiger partial charge in [-0.2, -0.15) is 5.10 Å². The summed E-state index contributed by atoms with van der Waals surface area (Å²) in [5.41, 5.74) is 5.11. The minimum atomic E-state index is -0.188. The average Bonchev–Trinajstić information content (AvgIpc) is 3.03. The van der Waals surface area contributed by atoms with Crippen LogP contribution in [0.4, 0.5) is 11.4 Å². The molecule has 0 radical (unpaired) electrons. The van der Waals surface area contributed by atoms with Gasteiger partial charge in [-0.15, -0.1) is 0 Å². The number of carbonyl (C=O) groups excluding carboxylic acids is 1. The first kappa shape index (κ1) is 17.7. The van der Waals surface area contributed by atoms with Crippen molar-refractivity contribution in [2.75, 3.05) is 24.3 Å². The maximum atomic E-state index is 12.7. The normalized spacial score (nSPS) is 10.6. The molecule has 6 nitrogen and oxygen atoms in total. The third-order valence-corrected chi connectivity index (χ3v) is 4.20. The molecule has 3 rings (SSSR count). The number of hydrogen-bond donors (Lipinski definition) is 1. The zero-order valence-corrected chi connectivity index (χ0v) is 15.5. The van der Waals surface area contributed by atoms with Gasteiger partial charge < -0.3 is 10.2 Å². The van der Waals surface area contributed by atoms with Crippen molar-refractivity contribution in [1.29, 1.82) is 0 Å². The van der Waals surface area contributed by atoms with Crippen LogP contribution in [0.3, 0.4) is 0 Å². The Labute approximate surface area is 153 Å². The highest BCUT2D eigenvalue weighted by atomic mass is 16.2. The van der Waals surface area contributed by atoms with Gasteiger partial charge in [-0.05, 0) is 43.7 Å². The molecule has 1 aromatic carbocycles. The van der Waals surface area contributed by atoms with Crippen LogP contribution in [-0.2, 0) is 6.54 Å². The number of aryl methyl sites for hydroxylation is 2. The van der Waals surface area contributed by atoms with Gasteiger partial charge in [-0.1, -0.05) is 12.1 Å². The summed E-state index contributed by atoms with van der Waals surface area (Å²) in [6.45, 7) is 4.48. The van der Waals surface area contributed by atoms with E-state index in [1.807, 2.05) is 51.0 Å². The Balaban J connectivity index is 1.91. The minimum absolute atomic E-state index is 0.188. The van der Waals surface area contributed by atoms with Crippen LogP contribution in [0.5, 0.6) is 0 Å². The average molecular weight is 349 g/mol. The quantitative estimate of drug-likeness (QED) is 0.764. The van der Waals surface area contributed by atoms with Gasteiger partial charge in [0.25, 0.3) is 5.91 Å². The molecule has 1 amide bonds. The molecular weight excluding hydrogens is 326 g/mol. The summed E-state index contributed by atoms with van der Waals surface area (Å²) in [7, 11) is 4.01. The molecule has 0 aliphatic heterocycles. The summed E-state index contributed by atoms with van der Waals surface area (Å²) in [5.74, 6) is -0.188. The highest BCUT2D eigenvalue weighted by molar-refractivity contribution is 6.05. The molecule has 0 bridgehead atoms. The Hall–Kier alpha value is -3.15. The van der Waals surface area contributed by atoms with Crippen molar-refractivity contribution in [2.45, 2.75) is 20.4 Å². The maximum absolute atomic E-state index is 12.7. The number of benzene rings is 1. The Morgan fingerprint density at radius 1 is 1.19 bits per heavy atom. The van der Waals surface area contributed by atoms with Gasteiger partial charge in [0.05, 0.1) is 17.6 Å². The number of aromatic nitrogens is 3. The van der Waals surface area contributed by atoms with Crippen LogP contribution in [0, 0.1) is 6.92 Å². The lowest BCUT2D eigenvalue weighted by molar-refractivity contribution is 0.101. The van der Waals surface area contributed by atoms with Crippen molar-refractivity contribution in [3.8, 4) is 11.1 Å². The van der Waals surface area contributed by atoms with Crippen molar-refractivity contribution in [3.05, 3.63) is 60.2 Å². The standard InChI is InChI=1S/C20H23N5O/c1-5-25-19(12-14(2)23-25)20(26)22-18-13-21-11-10-17(18)15-6-8-16(9-7-15)24(3)4/h6-13H,5H2,1-4H3,(H,22,26). The lowest BCUT2D eigenvalue weighted by atomic mass is 10.0. The number of rotatable bonds is 5. The Morgan fingerprint density at radius 2 is 1.92 bits per heavy atom. The van der Waals surface area contributed by atoms with Gasteiger partial charge in [0.1, 0.15) is 5.69 Å². The van der Waals surface area contributed by atoms with Gasteiger partial charge in [0, 0.05) is 38.1 Å². The fourth-order valence-corrected chi connectivity index (χ4v) is 2.84. The third-order valence-electron chi connectivity index (χ3n) is 4.20. The zero-order valence-electron chi connectivity index (χ0n) is 15.5. The van der Waals surface area contributed by atoms with E-state index in [1.54, 1.807) is 23.1 Å². The fourth-order valence-electron chi connectivity index (χ4n) is 2.84. The van der Waals surface area contributed by atoms with Crippen molar-refractivity contribution in [1.82, 2.24) is 14.8 Å². The molecule has 0 aliphatic carbocycles. The highest BCUT2D eigenvalue weighted by Crippen LogP contribution is 2.29. The molecule has 6 heteroatoms. The van der Waals surface area contributed by atoms with Crippen LogP contribution in [0.25, 0.3) is 11.1 Å². The molecule has 0 atom stereocenters. The molecule has 26 heavy (non-hydrogen) atoms. The lowest BCUT2D eigenvalue weighted by Crippen LogP contribution is -2.18. The van der Waals surface area contributed by atoms with E-state index < -0.39 is 0 Å². The van der Waals surface area contributed by atoms with Crippen LogP contribution in [-0.4, -0.2) is 34.8 Å². The minimum Gasteiger partial charge on any atom is -0.378 e. The van der Waals surface area contributed by atoms with E-state index in [1.165, 1.54) is 0 Å². The Morgan fingerprint density at radius 3 is 2.58 bits per heavy atom. The largest absolute Gasteiger partial charge is 0.378 e. The maximum Gasteiger partial charge on any atom is 0.273 e. The molecule has 0 unspecified atom stereocenters. The zero-order chi connectivity index (χ0) is 18.7. The highest BCUT2D eigenvalue weighted by Gasteiger charge is 2.15. The molecular formula is C20H23N5O. The van der Waals surface area contributed by atoms with E-state index in [2.05, 4.69) is 27.5 Å². The second-order valence-electron chi connectivity index (χ2n) is 6.30. The second-order valence-corrected chi connectivity index (χ2v) is 6.30. The van der Waals surface area contributed by atoms with Crippen molar-refractivity contribution >= 4 is 17.3 Å². The van der Waals surface area contributed by atoms with Crippen LogP contribution in [0.15, 0.2) is 48.8 Å². The first-order valence-corrected chi connectivity index (χ1v) is 8.57. The Bertz CT molecular complexity index is 912. The van der Waals surface area contributed by atoms with Crippen LogP contribution in [0.1, 0.15) is 23.1 Å². The summed E-state index contributed by atoms with van der Waals surface area (Å²) in [4.78, 5) is 18.9. The van der Waals surface area contributed by atoms with Crippen LogP contribution < -0.4 is 10.2 Å². The number of anilines is 2. The summed E-state index contributed by atoms with van der Waals surface area (Å²) in [6.07, 6.45) is 3.40. The molecule has 3 aromatic rings. The number of nitrogens with one attached hydrogen (secondary N) is 1. The summed E-state index contributed by atoms with van der Waals surface area (Å²) in [6, 6.07) is 11.9. The molecule has 1 N–H and O–H groups in total. The fraction of sp³-hybridized carbons (Fsp3) is 0.250. The van der Waals surface area contributed by atoms with E-state index >= 15 is 0 Å². The van der Waals surface area contributed by atoms with Crippen molar-refractivity contribution < 1.29 is 4.79 Å². The van der Waals surface area contributed by atoms with Gasteiger partial charge in [0.2, 0.25) is 0 Å². The predicted molar refractivity (Wildman–Crippen MR) is 105 cm³/mol. The summed E-state index contributed by atoms with van der Waals surface area (Å²) in [5, 5.41) is 7.31. The van der Waals surface area contributed by atoms with Crippen molar-refractivity contribution in [2.24, 2.45) is 0 Å². The summed E-state index contributed by atoms with van der Waals surface area (Å²) >= 11 is 0. The number of hydrogen-bond acceptors (Lipinski definition) is 4. The molecule has 0 fully saturated rings. The summed E-state index contributed by atoms with van der Waals surface area (Å²) < 4.78 is 1.70. The van der Waals surface area contributed by atoms with Gasteiger partial charge >= 0.3 is 0 Å². The topological polar surface area (TPSA) is 63.1 Å². The molecule has 0 aliphatic rings. The number of carbonyl (C=O) groups is 1. The number of nitrogens with zero attached hydrogens (tertiary/aromatic N) is 4. The Kier molecular flexibility index (Phi) is 5.02. The van der Waals surface area contributed by atoms with Crippen LogP contribution in [0.2, 0.25) is 0 Å². The van der Waals surface area contributed by atoms with Crippen LogP contribution >= 0.6 is 0 Å². The van der Waals surface area contributed by atoms with E-state index in [9.17, 15) is 4.79 Å². The predicted octanol–water partition coefficient (Wildman–Crippen LogP) is 3.59. The van der Waals surface area contributed by atoms with E-state index in [4.69, 9.17) is 0 Å².